The number of amides is 3. The summed E-state index contributed by atoms with van der Waals surface area (Å²) in [6.45, 7) is 3.27. The van der Waals surface area contributed by atoms with Crippen LogP contribution in [0, 0.1) is 0 Å². The van der Waals surface area contributed by atoms with Crippen LogP contribution < -0.4 is 16.8 Å². The van der Waals surface area contributed by atoms with Gasteiger partial charge in [0, 0.05) is 22.9 Å². The normalized spacial score (nSPS) is 18.4. The number of nitrogens with zero attached hydrogens (tertiary/aromatic N) is 1. The zero-order valence-corrected chi connectivity index (χ0v) is 13.2. The number of benzene rings is 1. The second-order valence-electron chi connectivity index (χ2n) is 5.89. The van der Waals surface area contributed by atoms with Crippen molar-refractivity contribution < 1.29 is 14.4 Å². The zero-order valence-electron chi connectivity index (χ0n) is 13.2. The summed E-state index contributed by atoms with van der Waals surface area (Å²) in [6.07, 6.45) is 3.35. The largest absolute Gasteiger partial charge is 0.366 e. The lowest BCUT2D eigenvalue weighted by Crippen LogP contribution is -2.42. The van der Waals surface area contributed by atoms with Crippen LogP contribution in [0.4, 0.5) is 5.69 Å². The van der Waals surface area contributed by atoms with Crippen LogP contribution in [0.3, 0.4) is 0 Å². The minimum Gasteiger partial charge on any atom is -0.366 e. The van der Waals surface area contributed by atoms with E-state index in [0.29, 0.717) is 11.7 Å². The molecule has 3 amide bonds. The van der Waals surface area contributed by atoms with Gasteiger partial charge in [-0.2, -0.15) is 0 Å². The summed E-state index contributed by atoms with van der Waals surface area (Å²) in [5.41, 5.74) is 11.1. The van der Waals surface area contributed by atoms with Crippen LogP contribution in [0.15, 0.2) is 18.2 Å². The van der Waals surface area contributed by atoms with Crippen molar-refractivity contribution in [3.63, 3.8) is 0 Å². The average Bonchev–Trinajstić information content (AvgIpc) is 2.49. The molecule has 0 unspecified atom stereocenters. The number of piperidine rings is 1. The Kier molecular flexibility index (Phi) is 5.33. The monoisotopic (exact) mass is 318 g/mol. The lowest BCUT2D eigenvalue weighted by molar-refractivity contribution is -0.118. The number of carbonyl (C=O) groups is 3. The highest BCUT2D eigenvalue weighted by molar-refractivity contribution is 6.01. The van der Waals surface area contributed by atoms with Crippen LogP contribution in [0.2, 0.25) is 0 Å². The molecule has 0 bridgehead atoms. The van der Waals surface area contributed by atoms with Crippen molar-refractivity contribution >= 4 is 23.4 Å². The van der Waals surface area contributed by atoms with Crippen LogP contribution >= 0.6 is 0 Å². The first kappa shape index (κ1) is 17.0. The third kappa shape index (κ3) is 4.53. The number of likely N-dealkylation sites (tertiary alicyclic amines) is 1. The standard InChI is InChI=1S/C16H22N4O3/c1-10-4-2-3-5-20(10)9-14(21)19-13-7-11(15(17)22)6-12(8-13)16(18)23/h6-8,10H,2-5,9H2,1H3,(H2,17,22)(H2,18,23)(H,19,21)/t10-/m1/s1. The maximum Gasteiger partial charge on any atom is 0.248 e. The van der Waals surface area contributed by atoms with Crippen molar-refractivity contribution in [1.82, 2.24) is 4.90 Å². The third-order valence-corrected chi connectivity index (χ3v) is 4.07. The van der Waals surface area contributed by atoms with Gasteiger partial charge in [-0.1, -0.05) is 6.42 Å². The maximum atomic E-state index is 12.2. The molecule has 0 saturated carbocycles. The topological polar surface area (TPSA) is 119 Å². The van der Waals surface area contributed by atoms with Gasteiger partial charge in [0.05, 0.1) is 6.54 Å². The quantitative estimate of drug-likeness (QED) is 0.740. The van der Waals surface area contributed by atoms with Gasteiger partial charge in [-0.3, -0.25) is 19.3 Å². The molecule has 1 saturated heterocycles. The van der Waals surface area contributed by atoms with E-state index in [1.54, 1.807) is 0 Å². The highest BCUT2D eigenvalue weighted by atomic mass is 16.2. The van der Waals surface area contributed by atoms with E-state index in [1.165, 1.54) is 24.6 Å². The summed E-state index contributed by atoms with van der Waals surface area (Å²) in [5, 5.41) is 2.70. The summed E-state index contributed by atoms with van der Waals surface area (Å²) < 4.78 is 0. The van der Waals surface area contributed by atoms with Crippen molar-refractivity contribution in [2.45, 2.75) is 32.2 Å². The minimum atomic E-state index is -0.687. The molecule has 23 heavy (non-hydrogen) atoms. The first-order chi connectivity index (χ1) is 10.9. The van der Waals surface area contributed by atoms with E-state index in [-0.39, 0.29) is 23.6 Å². The predicted molar refractivity (Wildman–Crippen MR) is 87.0 cm³/mol. The van der Waals surface area contributed by atoms with E-state index >= 15 is 0 Å². The molecule has 7 nitrogen and oxygen atoms in total. The SMILES string of the molecule is C[C@@H]1CCCCN1CC(=O)Nc1cc(C(N)=O)cc(C(N)=O)c1. The van der Waals surface area contributed by atoms with E-state index in [1.807, 2.05) is 0 Å². The first-order valence-corrected chi connectivity index (χ1v) is 7.65. The Labute approximate surface area is 135 Å². The van der Waals surface area contributed by atoms with Crippen LogP contribution in [-0.4, -0.2) is 41.8 Å². The van der Waals surface area contributed by atoms with Crippen molar-refractivity contribution in [2.24, 2.45) is 11.5 Å². The Balaban J connectivity index is 2.10. The van der Waals surface area contributed by atoms with E-state index in [9.17, 15) is 14.4 Å². The van der Waals surface area contributed by atoms with Gasteiger partial charge in [-0.05, 0) is 44.5 Å². The number of nitrogens with one attached hydrogen (secondary N) is 1. The molecule has 1 aromatic carbocycles. The second kappa shape index (κ2) is 7.23. The van der Waals surface area contributed by atoms with Crippen molar-refractivity contribution in [2.75, 3.05) is 18.4 Å². The zero-order chi connectivity index (χ0) is 17.0. The number of primary amides is 2. The Morgan fingerprint density at radius 2 is 1.74 bits per heavy atom. The molecule has 0 aromatic heterocycles. The maximum absolute atomic E-state index is 12.2. The van der Waals surface area contributed by atoms with Crippen LogP contribution in [0.1, 0.15) is 46.9 Å². The van der Waals surface area contributed by atoms with Gasteiger partial charge in [0.25, 0.3) is 0 Å². The van der Waals surface area contributed by atoms with E-state index in [0.717, 1.165) is 19.4 Å². The third-order valence-electron chi connectivity index (χ3n) is 4.07. The number of carbonyl (C=O) groups excluding carboxylic acids is 3. The number of nitrogens with two attached hydrogens (primary N) is 2. The number of anilines is 1. The fourth-order valence-electron chi connectivity index (χ4n) is 2.76. The van der Waals surface area contributed by atoms with Gasteiger partial charge in [0.2, 0.25) is 17.7 Å². The first-order valence-electron chi connectivity index (χ1n) is 7.65. The van der Waals surface area contributed by atoms with Crippen LogP contribution in [-0.2, 0) is 4.79 Å². The summed E-state index contributed by atoms with van der Waals surface area (Å²) in [4.78, 5) is 37.0. The molecule has 7 heteroatoms. The minimum absolute atomic E-state index is 0.128. The van der Waals surface area contributed by atoms with Crippen molar-refractivity contribution in [3.05, 3.63) is 29.3 Å². The summed E-state index contributed by atoms with van der Waals surface area (Å²) >= 11 is 0. The van der Waals surface area contributed by atoms with Crippen molar-refractivity contribution in [1.29, 1.82) is 0 Å². The van der Waals surface area contributed by atoms with Gasteiger partial charge in [-0.25, -0.2) is 0 Å². The molecule has 1 atom stereocenters. The molecule has 0 spiro atoms. The number of hydrogen-bond donors (Lipinski definition) is 3. The van der Waals surface area contributed by atoms with Gasteiger partial charge < -0.3 is 16.8 Å². The Morgan fingerprint density at radius 1 is 1.13 bits per heavy atom. The molecular weight excluding hydrogens is 296 g/mol. The Morgan fingerprint density at radius 3 is 2.26 bits per heavy atom. The molecule has 0 radical (unpaired) electrons. The molecule has 1 aliphatic rings. The number of rotatable bonds is 5. The average molecular weight is 318 g/mol. The highest BCUT2D eigenvalue weighted by Gasteiger charge is 2.20. The molecule has 1 aromatic rings. The summed E-state index contributed by atoms with van der Waals surface area (Å²) in [5.74, 6) is -1.57. The molecule has 5 N–H and O–H groups in total. The van der Waals surface area contributed by atoms with E-state index < -0.39 is 11.8 Å². The highest BCUT2D eigenvalue weighted by Crippen LogP contribution is 2.17. The van der Waals surface area contributed by atoms with Gasteiger partial charge in [0.1, 0.15) is 0 Å². The summed E-state index contributed by atoms with van der Waals surface area (Å²) in [6, 6.07) is 4.55. The van der Waals surface area contributed by atoms with E-state index in [2.05, 4.69) is 17.1 Å². The lowest BCUT2D eigenvalue weighted by Gasteiger charge is -2.32. The van der Waals surface area contributed by atoms with Gasteiger partial charge in [-0.15, -0.1) is 0 Å². The van der Waals surface area contributed by atoms with Crippen LogP contribution in [0.25, 0.3) is 0 Å². The fourth-order valence-corrected chi connectivity index (χ4v) is 2.76. The lowest BCUT2D eigenvalue weighted by atomic mass is 10.0. The van der Waals surface area contributed by atoms with Crippen molar-refractivity contribution in [3.8, 4) is 0 Å². The molecule has 0 aliphatic carbocycles. The summed E-state index contributed by atoms with van der Waals surface area (Å²) in [7, 11) is 0. The molecular formula is C16H22N4O3. The molecule has 2 rings (SSSR count). The second-order valence-corrected chi connectivity index (χ2v) is 5.89. The Hall–Kier alpha value is -2.41. The smallest absolute Gasteiger partial charge is 0.248 e. The molecule has 1 aliphatic heterocycles. The fraction of sp³-hybridized carbons (Fsp3) is 0.438. The van der Waals surface area contributed by atoms with E-state index in [4.69, 9.17) is 11.5 Å². The molecule has 1 fully saturated rings. The van der Waals surface area contributed by atoms with Crippen LogP contribution in [0.5, 0.6) is 0 Å². The number of hydrogen-bond acceptors (Lipinski definition) is 4. The Bertz CT molecular complexity index is 598. The van der Waals surface area contributed by atoms with Gasteiger partial charge >= 0.3 is 0 Å². The molecule has 124 valence electrons. The predicted octanol–water partition coefficient (Wildman–Crippen LogP) is 0.697. The molecule has 1 heterocycles. The van der Waals surface area contributed by atoms with Gasteiger partial charge in [0.15, 0.2) is 0 Å².